The fourth-order valence-electron chi connectivity index (χ4n) is 3.88. The number of fused-ring (bicyclic) bond motifs is 1. The average molecular weight is 465 g/mol. The van der Waals surface area contributed by atoms with Crippen molar-refractivity contribution in [2.24, 2.45) is 0 Å². The minimum absolute atomic E-state index is 0. The molecule has 3 aromatic carbocycles. The number of nitrogens with one attached hydrogen (secondary N) is 1. The minimum atomic E-state index is -0.265. The molecule has 1 N–H and O–H groups in total. The summed E-state index contributed by atoms with van der Waals surface area (Å²) in [5.74, 6) is 0.348. The Bertz CT molecular complexity index is 1160. The van der Waals surface area contributed by atoms with E-state index in [-0.39, 0.29) is 36.7 Å². The van der Waals surface area contributed by atoms with E-state index in [9.17, 15) is 9.59 Å². The van der Waals surface area contributed by atoms with Crippen molar-refractivity contribution in [2.75, 3.05) is 14.2 Å². The maximum absolute atomic E-state index is 12.6. The molecule has 3 aromatic rings. The van der Waals surface area contributed by atoms with E-state index < -0.39 is 0 Å². The lowest BCUT2D eigenvalue weighted by atomic mass is 10.0. The zero-order valence-electron chi connectivity index (χ0n) is 18.5. The third-order valence-corrected chi connectivity index (χ3v) is 5.67. The molecular formula is C26H25ClN2O4. The van der Waals surface area contributed by atoms with Crippen LogP contribution in [0.2, 0.25) is 0 Å². The number of carbonyl (C=O) groups is 2. The Morgan fingerprint density at radius 3 is 2.03 bits per heavy atom. The number of halogens is 1. The van der Waals surface area contributed by atoms with Gasteiger partial charge in [0.25, 0.3) is 11.8 Å². The highest BCUT2D eigenvalue weighted by atomic mass is 35.5. The van der Waals surface area contributed by atoms with Crippen molar-refractivity contribution in [3.8, 4) is 5.75 Å². The Balaban J connectivity index is 0.00000306. The van der Waals surface area contributed by atoms with Gasteiger partial charge in [-0.25, -0.2) is 0 Å². The van der Waals surface area contributed by atoms with Crippen LogP contribution in [0.3, 0.4) is 0 Å². The molecule has 0 saturated carbocycles. The van der Waals surface area contributed by atoms with Gasteiger partial charge in [-0.2, -0.15) is 0 Å². The molecule has 0 unspecified atom stereocenters. The Labute approximate surface area is 199 Å². The van der Waals surface area contributed by atoms with Crippen molar-refractivity contribution in [1.29, 1.82) is 5.41 Å². The molecule has 0 aromatic heterocycles. The molecule has 0 atom stereocenters. The monoisotopic (exact) mass is 464 g/mol. The molecule has 1 aliphatic heterocycles. The maximum atomic E-state index is 12.6. The van der Waals surface area contributed by atoms with Crippen LogP contribution in [0.4, 0.5) is 0 Å². The summed E-state index contributed by atoms with van der Waals surface area (Å²) in [5.41, 5.74) is 4.68. The van der Waals surface area contributed by atoms with Crippen molar-refractivity contribution in [3.63, 3.8) is 0 Å². The Kier molecular flexibility index (Phi) is 7.51. The quantitative estimate of drug-likeness (QED) is 0.313. The molecule has 33 heavy (non-hydrogen) atoms. The largest absolute Gasteiger partial charge is 0.496 e. The Morgan fingerprint density at radius 1 is 0.848 bits per heavy atom. The first-order valence-corrected chi connectivity index (χ1v) is 10.3. The van der Waals surface area contributed by atoms with Gasteiger partial charge in [-0.3, -0.25) is 19.9 Å². The number of hydrogen-bond donors (Lipinski definition) is 1. The van der Waals surface area contributed by atoms with E-state index >= 15 is 0 Å². The summed E-state index contributed by atoms with van der Waals surface area (Å²) in [7, 11) is 3.11. The van der Waals surface area contributed by atoms with Gasteiger partial charge < -0.3 is 9.47 Å². The molecule has 4 rings (SSSR count). The summed E-state index contributed by atoms with van der Waals surface area (Å²) in [6, 6.07) is 20.5. The number of imide groups is 1. The van der Waals surface area contributed by atoms with Gasteiger partial charge >= 0.3 is 0 Å². The lowest BCUT2D eigenvalue weighted by Gasteiger charge is -2.16. The van der Waals surface area contributed by atoms with E-state index in [1.807, 2.05) is 42.5 Å². The molecule has 0 aliphatic carbocycles. The third-order valence-electron chi connectivity index (χ3n) is 5.67. The van der Waals surface area contributed by atoms with Gasteiger partial charge in [-0.1, -0.05) is 36.4 Å². The first kappa shape index (κ1) is 24.0. The predicted molar refractivity (Wildman–Crippen MR) is 129 cm³/mol. The van der Waals surface area contributed by atoms with Gasteiger partial charge in [0.1, 0.15) is 5.75 Å². The topological polar surface area (TPSA) is 79.7 Å². The summed E-state index contributed by atoms with van der Waals surface area (Å²) in [5, 5.41) is 7.72. The van der Waals surface area contributed by atoms with Crippen molar-refractivity contribution < 1.29 is 19.1 Å². The molecule has 7 heteroatoms. The normalized spacial score (nSPS) is 12.2. The number of rotatable bonds is 7. The first-order chi connectivity index (χ1) is 15.5. The Morgan fingerprint density at radius 2 is 1.45 bits per heavy atom. The SMILES string of the molecule is COC(=N)c1ccc(CCc2ccc(CN3C(=O)c4ccccc4C3=O)cc2OC)cc1.Cl. The zero-order valence-corrected chi connectivity index (χ0v) is 19.3. The van der Waals surface area contributed by atoms with Crippen LogP contribution >= 0.6 is 12.4 Å². The van der Waals surface area contributed by atoms with Crippen LogP contribution in [0.25, 0.3) is 0 Å². The summed E-state index contributed by atoms with van der Waals surface area (Å²) >= 11 is 0. The second-order valence-electron chi connectivity index (χ2n) is 7.62. The summed E-state index contributed by atoms with van der Waals surface area (Å²) in [6.45, 7) is 0.204. The lowest BCUT2D eigenvalue weighted by molar-refractivity contribution is 0.0642. The smallest absolute Gasteiger partial charge is 0.261 e. The van der Waals surface area contributed by atoms with Crippen molar-refractivity contribution in [1.82, 2.24) is 4.90 Å². The zero-order chi connectivity index (χ0) is 22.7. The fraction of sp³-hybridized carbons (Fsp3) is 0.192. The highest BCUT2D eigenvalue weighted by molar-refractivity contribution is 6.21. The number of hydrogen-bond acceptors (Lipinski definition) is 5. The van der Waals surface area contributed by atoms with Crippen LogP contribution in [-0.2, 0) is 24.1 Å². The molecular weight excluding hydrogens is 440 g/mol. The number of nitrogens with zero attached hydrogens (tertiary/aromatic N) is 1. The van der Waals surface area contributed by atoms with Gasteiger partial charge in [0.15, 0.2) is 0 Å². The van der Waals surface area contributed by atoms with E-state index in [0.717, 1.165) is 40.8 Å². The van der Waals surface area contributed by atoms with E-state index in [1.54, 1.807) is 31.4 Å². The molecule has 6 nitrogen and oxygen atoms in total. The first-order valence-electron chi connectivity index (χ1n) is 10.3. The fourth-order valence-corrected chi connectivity index (χ4v) is 3.88. The molecule has 0 spiro atoms. The van der Waals surface area contributed by atoms with E-state index in [0.29, 0.717) is 11.1 Å². The summed E-state index contributed by atoms with van der Waals surface area (Å²) in [4.78, 5) is 26.5. The second kappa shape index (κ2) is 10.3. The molecule has 0 bridgehead atoms. The van der Waals surface area contributed by atoms with E-state index in [2.05, 4.69) is 0 Å². The Hall–Kier alpha value is -3.64. The summed E-state index contributed by atoms with van der Waals surface area (Å²) < 4.78 is 10.5. The lowest BCUT2D eigenvalue weighted by Crippen LogP contribution is -2.29. The van der Waals surface area contributed by atoms with Crippen molar-refractivity contribution in [3.05, 3.63) is 100 Å². The molecule has 0 fully saturated rings. The van der Waals surface area contributed by atoms with Crippen LogP contribution < -0.4 is 4.74 Å². The minimum Gasteiger partial charge on any atom is -0.496 e. The molecule has 170 valence electrons. The van der Waals surface area contributed by atoms with Crippen molar-refractivity contribution >= 4 is 30.1 Å². The maximum Gasteiger partial charge on any atom is 0.261 e. The van der Waals surface area contributed by atoms with Crippen LogP contribution in [0.5, 0.6) is 5.75 Å². The molecule has 2 amide bonds. The van der Waals surface area contributed by atoms with E-state index in [1.165, 1.54) is 12.0 Å². The van der Waals surface area contributed by atoms with Crippen LogP contribution in [0.15, 0.2) is 66.7 Å². The van der Waals surface area contributed by atoms with Gasteiger partial charge in [-0.05, 0) is 59.9 Å². The third kappa shape index (κ3) is 4.91. The highest BCUT2D eigenvalue weighted by Gasteiger charge is 2.35. The van der Waals surface area contributed by atoms with Crippen LogP contribution in [-0.4, -0.2) is 36.8 Å². The standard InChI is InChI=1S/C26H24N2O4.ClH/c1-31-23-15-18(16-28-25(29)21-5-3-4-6-22(21)26(28)30)10-12-19(23)11-7-17-8-13-20(14-9-17)24(27)32-2;/h3-6,8-10,12-15,27H,7,11,16H2,1-2H3;1H. The number of amides is 2. The number of benzene rings is 3. The highest BCUT2D eigenvalue weighted by Crippen LogP contribution is 2.27. The molecule has 1 aliphatic rings. The van der Waals surface area contributed by atoms with Gasteiger partial charge in [0, 0.05) is 5.56 Å². The van der Waals surface area contributed by atoms with Gasteiger partial charge in [0.2, 0.25) is 5.90 Å². The van der Waals surface area contributed by atoms with Crippen LogP contribution in [0.1, 0.15) is 43.0 Å². The molecule has 1 heterocycles. The number of carbonyl (C=O) groups excluding carboxylic acids is 2. The van der Waals surface area contributed by atoms with Crippen molar-refractivity contribution in [2.45, 2.75) is 19.4 Å². The number of ether oxygens (including phenoxy) is 2. The number of aryl methyl sites for hydroxylation is 2. The molecule has 0 saturated heterocycles. The summed E-state index contributed by atoms with van der Waals surface area (Å²) in [6.07, 6.45) is 1.59. The molecule has 0 radical (unpaired) electrons. The van der Waals surface area contributed by atoms with E-state index in [4.69, 9.17) is 14.9 Å². The average Bonchev–Trinajstić information content (AvgIpc) is 3.08. The number of methoxy groups -OCH3 is 2. The van der Waals surface area contributed by atoms with Gasteiger partial charge in [-0.15, -0.1) is 12.4 Å². The predicted octanol–water partition coefficient (Wildman–Crippen LogP) is 4.67. The van der Waals surface area contributed by atoms with Crippen LogP contribution in [0, 0.1) is 5.41 Å². The second-order valence-corrected chi connectivity index (χ2v) is 7.62. The van der Waals surface area contributed by atoms with Gasteiger partial charge in [0.05, 0.1) is 31.9 Å².